The zero-order chi connectivity index (χ0) is 19.7. The number of amides is 2. The molecule has 5 heterocycles. The predicted molar refractivity (Wildman–Crippen MR) is 101 cm³/mol. The highest BCUT2D eigenvalue weighted by Gasteiger charge is 2.45. The second-order valence-corrected chi connectivity index (χ2v) is 8.41. The molecule has 0 spiro atoms. The van der Waals surface area contributed by atoms with Crippen molar-refractivity contribution in [2.45, 2.75) is 44.9 Å². The predicted octanol–water partition coefficient (Wildman–Crippen LogP) is -0.141. The number of nitrogens with two attached hydrogens (primary N) is 1. The van der Waals surface area contributed by atoms with E-state index in [9.17, 15) is 9.59 Å². The number of nitrogens with zero attached hydrogens (tertiary/aromatic N) is 5. The van der Waals surface area contributed by atoms with Crippen molar-refractivity contribution in [2.75, 3.05) is 33.3 Å². The van der Waals surface area contributed by atoms with Crippen molar-refractivity contribution < 1.29 is 14.3 Å². The van der Waals surface area contributed by atoms with Crippen LogP contribution in [0.1, 0.15) is 31.4 Å². The lowest BCUT2D eigenvalue weighted by atomic mass is 9.74. The first-order valence-corrected chi connectivity index (χ1v) is 10.2. The monoisotopic (exact) mass is 390 g/mol. The maximum atomic E-state index is 13.1. The van der Waals surface area contributed by atoms with Crippen LogP contribution in [0, 0.1) is 17.8 Å². The lowest BCUT2D eigenvalue weighted by molar-refractivity contribution is -0.146. The van der Waals surface area contributed by atoms with E-state index in [0.29, 0.717) is 44.5 Å². The van der Waals surface area contributed by atoms with Gasteiger partial charge in [-0.2, -0.15) is 0 Å². The number of methoxy groups -OCH3 is 1. The summed E-state index contributed by atoms with van der Waals surface area (Å²) in [6.45, 7) is 4.45. The van der Waals surface area contributed by atoms with Crippen molar-refractivity contribution in [2.24, 2.45) is 23.5 Å². The fourth-order valence-corrected chi connectivity index (χ4v) is 5.08. The SMILES string of the molecule is COCc1cn(C[C@H]2C[C@H]3CCN2C[C@@H]3C(=O)N2CCC(C(N)=O)CC2)nn1. The third-order valence-electron chi connectivity index (χ3n) is 6.68. The highest BCUT2D eigenvalue weighted by atomic mass is 16.5. The Labute approximate surface area is 165 Å². The van der Waals surface area contributed by atoms with Gasteiger partial charge in [0, 0.05) is 38.7 Å². The average molecular weight is 390 g/mol. The topological polar surface area (TPSA) is 107 Å². The fraction of sp³-hybridized carbons (Fsp3) is 0.789. The van der Waals surface area contributed by atoms with Gasteiger partial charge < -0.3 is 15.4 Å². The van der Waals surface area contributed by atoms with E-state index in [1.807, 2.05) is 15.8 Å². The molecule has 4 aliphatic heterocycles. The van der Waals surface area contributed by atoms with Crippen LogP contribution >= 0.6 is 0 Å². The van der Waals surface area contributed by atoms with Gasteiger partial charge in [0.25, 0.3) is 0 Å². The van der Waals surface area contributed by atoms with Crippen molar-refractivity contribution in [1.29, 1.82) is 0 Å². The van der Waals surface area contributed by atoms with E-state index in [1.165, 1.54) is 0 Å². The van der Waals surface area contributed by atoms with Crippen LogP contribution in [0.25, 0.3) is 0 Å². The second-order valence-electron chi connectivity index (χ2n) is 8.41. The molecule has 4 atom stereocenters. The first-order valence-electron chi connectivity index (χ1n) is 10.2. The number of hydrogen-bond acceptors (Lipinski definition) is 6. The van der Waals surface area contributed by atoms with Crippen molar-refractivity contribution in [1.82, 2.24) is 24.8 Å². The van der Waals surface area contributed by atoms with Crippen molar-refractivity contribution in [3.8, 4) is 0 Å². The molecule has 28 heavy (non-hydrogen) atoms. The molecule has 5 rings (SSSR count). The Hall–Kier alpha value is -2.00. The van der Waals surface area contributed by atoms with Gasteiger partial charge in [0.15, 0.2) is 0 Å². The summed E-state index contributed by atoms with van der Waals surface area (Å²) in [7, 11) is 1.65. The van der Waals surface area contributed by atoms with E-state index in [1.54, 1.807) is 7.11 Å². The Bertz CT molecular complexity index is 714. The first-order chi connectivity index (χ1) is 13.5. The fourth-order valence-electron chi connectivity index (χ4n) is 5.08. The average Bonchev–Trinajstić information content (AvgIpc) is 3.15. The van der Waals surface area contributed by atoms with Crippen LogP contribution in [0.2, 0.25) is 0 Å². The third kappa shape index (κ3) is 3.91. The molecule has 154 valence electrons. The Morgan fingerprint density at radius 2 is 2.04 bits per heavy atom. The van der Waals surface area contributed by atoms with E-state index in [2.05, 4.69) is 15.2 Å². The summed E-state index contributed by atoms with van der Waals surface area (Å²) in [5.41, 5.74) is 6.25. The molecular weight excluding hydrogens is 360 g/mol. The molecule has 1 aromatic rings. The standard InChI is InChI=1S/C19H30N6O3/c1-28-12-15-9-25(22-21-15)10-16-8-14-4-7-24(16)11-17(14)19(27)23-5-2-13(3-6-23)18(20)26/h9,13-14,16-17H,2-8,10-12H2,1H3,(H2,20,26)/t14-,16-,17+/m1/s1. The maximum absolute atomic E-state index is 13.1. The largest absolute Gasteiger partial charge is 0.378 e. The highest BCUT2D eigenvalue weighted by Crippen LogP contribution is 2.38. The van der Waals surface area contributed by atoms with E-state index >= 15 is 0 Å². The highest BCUT2D eigenvalue weighted by molar-refractivity contribution is 5.81. The molecule has 4 aliphatic rings. The van der Waals surface area contributed by atoms with Crippen LogP contribution in [-0.4, -0.2) is 75.9 Å². The minimum atomic E-state index is -0.237. The Balaban J connectivity index is 1.33. The molecule has 1 unspecified atom stereocenters. The van der Waals surface area contributed by atoms with Gasteiger partial charge in [-0.3, -0.25) is 19.2 Å². The lowest BCUT2D eigenvalue weighted by Gasteiger charge is -2.50. The number of aromatic nitrogens is 3. The molecule has 0 aromatic carbocycles. The quantitative estimate of drug-likeness (QED) is 0.725. The summed E-state index contributed by atoms with van der Waals surface area (Å²) in [6, 6.07) is 0.403. The Morgan fingerprint density at radius 3 is 2.68 bits per heavy atom. The number of rotatable bonds is 6. The molecular formula is C19H30N6O3. The smallest absolute Gasteiger partial charge is 0.227 e. The van der Waals surface area contributed by atoms with Crippen LogP contribution in [0.4, 0.5) is 0 Å². The van der Waals surface area contributed by atoms with Gasteiger partial charge in [-0.1, -0.05) is 5.21 Å². The number of hydrogen-bond donors (Lipinski definition) is 1. The van der Waals surface area contributed by atoms with Crippen molar-refractivity contribution in [3.05, 3.63) is 11.9 Å². The molecule has 2 amide bonds. The summed E-state index contributed by atoms with van der Waals surface area (Å²) in [6.07, 6.45) is 5.44. The normalized spacial score (nSPS) is 30.5. The molecule has 0 aliphatic carbocycles. The number of fused-ring (bicyclic) bond motifs is 3. The Morgan fingerprint density at radius 1 is 1.25 bits per heavy atom. The minimum absolute atomic E-state index is 0.0781. The number of carbonyl (C=O) groups is 2. The maximum Gasteiger partial charge on any atom is 0.227 e. The zero-order valence-electron chi connectivity index (χ0n) is 16.5. The molecule has 4 saturated heterocycles. The molecule has 0 saturated carbocycles. The molecule has 1 aromatic heterocycles. The molecule has 9 heteroatoms. The van der Waals surface area contributed by atoms with E-state index in [4.69, 9.17) is 10.5 Å². The summed E-state index contributed by atoms with van der Waals surface area (Å²) in [5, 5.41) is 8.34. The first kappa shape index (κ1) is 19.3. The van der Waals surface area contributed by atoms with Gasteiger partial charge in [0.05, 0.1) is 25.3 Å². The summed E-state index contributed by atoms with van der Waals surface area (Å²) in [5.74, 6) is 0.456. The van der Waals surface area contributed by atoms with Crippen LogP contribution in [0.5, 0.6) is 0 Å². The number of piperidine rings is 4. The molecule has 2 N–H and O–H groups in total. The van der Waals surface area contributed by atoms with Gasteiger partial charge in [0.2, 0.25) is 11.8 Å². The second kappa shape index (κ2) is 8.16. The summed E-state index contributed by atoms with van der Waals surface area (Å²) < 4.78 is 7.00. The lowest BCUT2D eigenvalue weighted by Crippen LogP contribution is -2.59. The van der Waals surface area contributed by atoms with Crippen LogP contribution < -0.4 is 5.73 Å². The van der Waals surface area contributed by atoms with E-state index < -0.39 is 0 Å². The van der Waals surface area contributed by atoms with Gasteiger partial charge in [-0.15, -0.1) is 5.10 Å². The third-order valence-corrected chi connectivity index (χ3v) is 6.68. The van der Waals surface area contributed by atoms with E-state index in [0.717, 1.165) is 38.2 Å². The summed E-state index contributed by atoms with van der Waals surface area (Å²) >= 11 is 0. The van der Waals surface area contributed by atoms with E-state index in [-0.39, 0.29) is 23.7 Å². The van der Waals surface area contributed by atoms with Gasteiger partial charge in [-0.25, -0.2) is 0 Å². The Kier molecular flexibility index (Phi) is 5.63. The van der Waals surface area contributed by atoms with Crippen molar-refractivity contribution in [3.63, 3.8) is 0 Å². The zero-order valence-corrected chi connectivity index (χ0v) is 16.5. The molecule has 9 nitrogen and oxygen atoms in total. The number of likely N-dealkylation sites (tertiary alicyclic amines) is 1. The number of ether oxygens (including phenoxy) is 1. The molecule has 4 fully saturated rings. The number of carbonyl (C=O) groups excluding carboxylic acids is 2. The molecule has 0 radical (unpaired) electrons. The number of primary amides is 1. The van der Waals surface area contributed by atoms with Crippen LogP contribution in [0.15, 0.2) is 6.20 Å². The molecule has 2 bridgehead atoms. The summed E-state index contributed by atoms with van der Waals surface area (Å²) in [4.78, 5) is 28.9. The van der Waals surface area contributed by atoms with Crippen molar-refractivity contribution >= 4 is 11.8 Å². The van der Waals surface area contributed by atoms with Gasteiger partial charge in [0.1, 0.15) is 5.69 Å². The van der Waals surface area contributed by atoms with Crippen LogP contribution in [-0.2, 0) is 27.5 Å². The van der Waals surface area contributed by atoms with Crippen LogP contribution in [0.3, 0.4) is 0 Å². The van der Waals surface area contributed by atoms with Gasteiger partial charge >= 0.3 is 0 Å². The van der Waals surface area contributed by atoms with Gasteiger partial charge in [-0.05, 0) is 38.1 Å². The minimum Gasteiger partial charge on any atom is -0.378 e.